The van der Waals surface area contributed by atoms with Gasteiger partial charge in [-0.25, -0.2) is 15.0 Å². The Morgan fingerprint density at radius 3 is 2.34 bits per heavy atom. The van der Waals surface area contributed by atoms with Crippen LogP contribution in [0.15, 0.2) is 30.3 Å². The van der Waals surface area contributed by atoms with E-state index in [1.54, 1.807) is 12.1 Å². The van der Waals surface area contributed by atoms with Crippen LogP contribution in [-0.2, 0) is 13.6 Å². The van der Waals surface area contributed by atoms with E-state index in [1.807, 2.05) is 25.1 Å². The number of imidazole rings is 1. The van der Waals surface area contributed by atoms with E-state index in [-0.39, 0.29) is 5.75 Å². The zero-order valence-corrected chi connectivity index (χ0v) is 17.6. The van der Waals surface area contributed by atoms with Crippen molar-refractivity contribution in [3.63, 3.8) is 0 Å². The standard InChI is InChI=1S/C22H28N6O/c1-15-13-20(25-22(23-15)18-7-5-6-8-19(18)29)28-11-9-27(10-12-28)14-21-24-16(2)17(3)26(21)4/h5-8,13,29H,9-12,14H2,1-4H3. The van der Waals surface area contributed by atoms with Crippen LogP contribution in [0.5, 0.6) is 5.75 Å². The van der Waals surface area contributed by atoms with E-state index in [4.69, 9.17) is 9.97 Å². The van der Waals surface area contributed by atoms with E-state index >= 15 is 0 Å². The summed E-state index contributed by atoms with van der Waals surface area (Å²) in [4.78, 5) is 18.7. The van der Waals surface area contributed by atoms with Crippen molar-refractivity contribution >= 4 is 5.82 Å². The Balaban J connectivity index is 1.47. The molecule has 1 fully saturated rings. The van der Waals surface area contributed by atoms with Gasteiger partial charge in [0, 0.05) is 50.7 Å². The molecule has 1 N–H and O–H groups in total. The number of anilines is 1. The molecule has 7 heteroatoms. The molecule has 2 aromatic heterocycles. The molecule has 0 saturated carbocycles. The number of benzene rings is 1. The van der Waals surface area contributed by atoms with E-state index in [9.17, 15) is 5.11 Å². The number of aryl methyl sites for hydroxylation is 2. The monoisotopic (exact) mass is 392 g/mol. The fourth-order valence-electron chi connectivity index (χ4n) is 3.76. The SMILES string of the molecule is Cc1cc(N2CCN(Cc3nc(C)c(C)n3C)CC2)nc(-c2ccccc2O)n1. The van der Waals surface area contributed by atoms with Crippen LogP contribution in [0, 0.1) is 20.8 Å². The molecule has 0 spiro atoms. The predicted molar refractivity (Wildman–Crippen MR) is 114 cm³/mol. The van der Waals surface area contributed by atoms with Gasteiger partial charge in [-0.1, -0.05) is 12.1 Å². The second-order valence-corrected chi connectivity index (χ2v) is 7.73. The molecule has 7 nitrogen and oxygen atoms in total. The number of aromatic nitrogens is 4. The molecule has 0 aliphatic carbocycles. The summed E-state index contributed by atoms with van der Waals surface area (Å²) in [6.45, 7) is 10.7. The van der Waals surface area contributed by atoms with Gasteiger partial charge in [0.15, 0.2) is 5.82 Å². The van der Waals surface area contributed by atoms with Gasteiger partial charge in [0.1, 0.15) is 17.4 Å². The highest BCUT2D eigenvalue weighted by molar-refractivity contribution is 5.65. The van der Waals surface area contributed by atoms with Crippen LogP contribution in [0.25, 0.3) is 11.4 Å². The average Bonchev–Trinajstić information content (AvgIpc) is 2.95. The molecular weight excluding hydrogens is 364 g/mol. The van der Waals surface area contributed by atoms with Gasteiger partial charge in [-0.3, -0.25) is 4.90 Å². The third kappa shape index (κ3) is 3.96. The molecule has 0 bridgehead atoms. The van der Waals surface area contributed by atoms with Crippen molar-refractivity contribution in [1.29, 1.82) is 0 Å². The number of hydrogen-bond donors (Lipinski definition) is 1. The first-order valence-electron chi connectivity index (χ1n) is 10.0. The number of nitrogens with zero attached hydrogens (tertiary/aromatic N) is 6. The van der Waals surface area contributed by atoms with Crippen molar-refractivity contribution in [2.24, 2.45) is 7.05 Å². The van der Waals surface area contributed by atoms with E-state index in [0.717, 1.165) is 55.8 Å². The Labute approximate surface area is 171 Å². The lowest BCUT2D eigenvalue weighted by Crippen LogP contribution is -2.46. The van der Waals surface area contributed by atoms with Crippen LogP contribution in [0.2, 0.25) is 0 Å². The summed E-state index contributed by atoms with van der Waals surface area (Å²) in [5.74, 6) is 2.81. The zero-order valence-electron chi connectivity index (χ0n) is 17.6. The van der Waals surface area contributed by atoms with Crippen molar-refractivity contribution in [2.75, 3.05) is 31.1 Å². The van der Waals surface area contributed by atoms with Gasteiger partial charge < -0.3 is 14.6 Å². The minimum atomic E-state index is 0.203. The Kier molecular flexibility index (Phi) is 5.24. The summed E-state index contributed by atoms with van der Waals surface area (Å²) in [6, 6.07) is 9.23. The van der Waals surface area contributed by atoms with Crippen molar-refractivity contribution < 1.29 is 5.11 Å². The van der Waals surface area contributed by atoms with E-state index in [2.05, 4.69) is 40.2 Å². The molecule has 1 aliphatic rings. The average molecular weight is 393 g/mol. The molecular formula is C22H28N6O. The van der Waals surface area contributed by atoms with Crippen LogP contribution in [0.4, 0.5) is 5.82 Å². The van der Waals surface area contributed by atoms with Crippen molar-refractivity contribution in [1.82, 2.24) is 24.4 Å². The second-order valence-electron chi connectivity index (χ2n) is 7.73. The Bertz CT molecular complexity index is 1020. The lowest BCUT2D eigenvalue weighted by atomic mass is 10.2. The van der Waals surface area contributed by atoms with E-state index in [0.29, 0.717) is 11.4 Å². The summed E-state index contributed by atoms with van der Waals surface area (Å²) in [7, 11) is 2.09. The number of phenolic OH excluding ortho intramolecular Hbond substituents is 1. The first kappa shape index (κ1) is 19.4. The maximum absolute atomic E-state index is 10.2. The fraction of sp³-hybridized carbons (Fsp3) is 0.409. The third-order valence-electron chi connectivity index (χ3n) is 5.76. The maximum Gasteiger partial charge on any atom is 0.165 e. The molecule has 1 saturated heterocycles. The third-order valence-corrected chi connectivity index (χ3v) is 5.76. The Morgan fingerprint density at radius 1 is 0.966 bits per heavy atom. The molecule has 29 heavy (non-hydrogen) atoms. The van der Waals surface area contributed by atoms with E-state index < -0.39 is 0 Å². The highest BCUT2D eigenvalue weighted by atomic mass is 16.3. The van der Waals surface area contributed by atoms with Crippen LogP contribution in [-0.4, -0.2) is 55.7 Å². The topological polar surface area (TPSA) is 70.3 Å². The molecule has 0 atom stereocenters. The van der Waals surface area contributed by atoms with Crippen LogP contribution in [0.3, 0.4) is 0 Å². The zero-order chi connectivity index (χ0) is 20.5. The number of hydrogen-bond acceptors (Lipinski definition) is 6. The molecule has 0 radical (unpaired) electrons. The summed E-state index contributed by atoms with van der Waals surface area (Å²) in [6.07, 6.45) is 0. The van der Waals surface area contributed by atoms with Crippen molar-refractivity contribution in [3.8, 4) is 17.1 Å². The van der Waals surface area contributed by atoms with Gasteiger partial charge >= 0.3 is 0 Å². The number of aromatic hydroxyl groups is 1. The molecule has 1 aliphatic heterocycles. The minimum absolute atomic E-state index is 0.203. The lowest BCUT2D eigenvalue weighted by Gasteiger charge is -2.35. The van der Waals surface area contributed by atoms with Gasteiger partial charge in [0.05, 0.1) is 17.8 Å². The smallest absolute Gasteiger partial charge is 0.165 e. The van der Waals surface area contributed by atoms with Crippen LogP contribution < -0.4 is 4.90 Å². The van der Waals surface area contributed by atoms with Gasteiger partial charge in [-0.05, 0) is 32.9 Å². The molecule has 152 valence electrons. The quantitative estimate of drug-likeness (QED) is 0.736. The number of rotatable bonds is 4. The van der Waals surface area contributed by atoms with Gasteiger partial charge in [0.2, 0.25) is 0 Å². The molecule has 0 unspecified atom stereocenters. The molecule has 0 amide bonds. The summed E-state index contributed by atoms with van der Waals surface area (Å²) < 4.78 is 2.19. The highest BCUT2D eigenvalue weighted by Crippen LogP contribution is 2.28. The predicted octanol–water partition coefficient (Wildman–Crippen LogP) is 2.83. The van der Waals surface area contributed by atoms with Crippen molar-refractivity contribution in [3.05, 3.63) is 53.2 Å². The summed E-state index contributed by atoms with van der Waals surface area (Å²) >= 11 is 0. The van der Waals surface area contributed by atoms with Gasteiger partial charge in [0.25, 0.3) is 0 Å². The summed E-state index contributed by atoms with van der Waals surface area (Å²) in [5.41, 5.74) is 3.90. The molecule has 4 rings (SSSR count). The fourth-order valence-corrected chi connectivity index (χ4v) is 3.76. The second kappa shape index (κ2) is 7.83. The number of piperazine rings is 1. The Morgan fingerprint density at radius 2 is 1.69 bits per heavy atom. The lowest BCUT2D eigenvalue weighted by molar-refractivity contribution is 0.241. The molecule has 3 heterocycles. The van der Waals surface area contributed by atoms with Crippen LogP contribution in [0.1, 0.15) is 22.9 Å². The largest absolute Gasteiger partial charge is 0.507 e. The summed E-state index contributed by atoms with van der Waals surface area (Å²) in [5, 5.41) is 10.2. The van der Waals surface area contributed by atoms with E-state index in [1.165, 1.54) is 5.69 Å². The molecule has 3 aromatic rings. The molecule has 1 aromatic carbocycles. The Hall–Kier alpha value is -2.93. The number of para-hydroxylation sites is 1. The van der Waals surface area contributed by atoms with Gasteiger partial charge in [-0.15, -0.1) is 0 Å². The normalized spacial score (nSPS) is 15.1. The van der Waals surface area contributed by atoms with Gasteiger partial charge in [-0.2, -0.15) is 0 Å². The van der Waals surface area contributed by atoms with Crippen molar-refractivity contribution in [2.45, 2.75) is 27.3 Å². The maximum atomic E-state index is 10.2. The first-order chi connectivity index (χ1) is 13.9. The number of phenols is 1. The minimum Gasteiger partial charge on any atom is -0.507 e. The first-order valence-corrected chi connectivity index (χ1v) is 10.0. The highest BCUT2D eigenvalue weighted by Gasteiger charge is 2.21. The van der Waals surface area contributed by atoms with Crippen LogP contribution >= 0.6 is 0 Å².